The number of nitrogens with zero attached hydrogens (tertiary/aromatic N) is 3. The second kappa shape index (κ2) is 8.01. The van der Waals surface area contributed by atoms with E-state index in [2.05, 4.69) is 25.6 Å². The van der Waals surface area contributed by atoms with Crippen LogP contribution in [0.3, 0.4) is 0 Å². The molecule has 0 atom stereocenters. The fourth-order valence-electron chi connectivity index (χ4n) is 2.24. The minimum atomic E-state index is -0.373. The van der Waals surface area contributed by atoms with Gasteiger partial charge in [-0.05, 0) is 38.1 Å². The fraction of sp³-hybridized carbons (Fsp3) is 0.222. The van der Waals surface area contributed by atoms with Gasteiger partial charge in [-0.15, -0.1) is 11.3 Å². The van der Waals surface area contributed by atoms with Crippen LogP contribution in [0.1, 0.15) is 29.2 Å². The Labute approximate surface area is 154 Å². The van der Waals surface area contributed by atoms with Crippen LogP contribution in [0, 0.1) is 5.82 Å². The summed E-state index contributed by atoms with van der Waals surface area (Å²) < 4.78 is 12.9. The van der Waals surface area contributed by atoms with E-state index >= 15 is 0 Å². The first kappa shape index (κ1) is 17.9. The zero-order chi connectivity index (χ0) is 18.5. The van der Waals surface area contributed by atoms with Gasteiger partial charge in [-0.1, -0.05) is 0 Å². The summed E-state index contributed by atoms with van der Waals surface area (Å²) in [6, 6.07) is 7.52. The highest BCUT2D eigenvalue weighted by Gasteiger charge is 2.10. The van der Waals surface area contributed by atoms with Crippen molar-refractivity contribution in [3.05, 3.63) is 58.4 Å². The molecule has 0 fully saturated rings. The van der Waals surface area contributed by atoms with E-state index in [9.17, 15) is 9.18 Å². The molecule has 1 aromatic carbocycles. The molecule has 1 amide bonds. The summed E-state index contributed by atoms with van der Waals surface area (Å²) >= 11 is 1.44. The van der Waals surface area contributed by atoms with Crippen LogP contribution in [0.25, 0.3) is 11.4 Å². The lowest BCUT2D eigenvalue weighted by molar-refractivity contribution is 0.0951. The SMILES string of the molecule is CC(C)Nc1cc(-c2csc(CNC(=O)c3ccc(F)cc3)n2)ncn1. The van der Waals surface area contributed by atoms with Gasteiger partial charge in [0.15, 0.2) is 0 Å². The van der Waals surface area contributed by atoms with E-state index in [0.29, 0.717) is 12.1 Å². The van der Waals surface area contributed by atoms with E-state index in [1.54, 1.807) is 0 Å². The largest absolute Gasteiger partial charge is 0.368 e. The summed E-state index contributed by atoms with van der Waals surface area (Å²) in [5.74, 6) is 0.0960. The van der Waals surface area contributed by atoms with E-state index in [4.69, 9.17) is 0 Å². The molecule has 26 heavy (non-hydrogen) atoms. The molecule has 0 aliphatic heterocycles. The van der Waals surface area contributed by atoms with Crippen molar-refractivity contribution in [3.8, 4) is 11.4 Å². The summed E-state index contributed by atoms with van der Waals surface area (Å²) in [7, 11) is 0. The van der Waals surface area contributed by atoms with Crippen LogP contribution in [-0.2, 0) is 6.54 Å². The number of carbonyl (C=O) groups excluding carboxylic acids is 1. The number of halogens is 1. The highest BCUT2D eigenvalue weighted by molar-refractivity contribution is 7.09. The highest BCUT2D eigenvalue weighted by Crippen LogP contribution is 2.21. The number of nitrogens with one attached hydrogen (secondary N) is 2. The number of benzene rings is 1. The van der Waals surface area contributed by atoms with E-state index in [1.165, 1.54) is 41.9 Å². The first-order valence-corrected chi connectivity index (χ1v) is 8.96. The first-order valence-electron chi connectivity index (χ1n) is 8.08. The molecule has 0 saturated carbocycles. The van der Waals surface area contributed by atoms with Gasteiger partial charge in [-0.2, -0.15) is 0 Å². The predicted octanol–water partition coefficient (Wildman–Crippen LogP) is 3.49. The van der Waals surface area contributed by atoms with E-state index < -0.39 is 0 Å². The lowest BCUT2D eigenvalue weighted by Crippen LogP contribution is -2.22. The third-order valence-corrected chi connectivity index (χ3v) is 4.27. The van der Waals surface area contributed by atoms with Crippen LogP contribution < -0.4 is 10.6 Å². The van der Waals surface area contributed by atoms with Crippen LogP contribution in [0.4, 0.5) is 10.2 Å². The average molecular weight is 371 g/mol. The summed E-state index contributed by atoms with van der Waals surface area (Å²) in [6.07, 6.45) is 1.50. The highest BCUT2D eigenvalue weighted by atomic mass is 32.1. The second-order valence-electron chi connectivity index (χ2n) is 5.90. The van der Waals surface area contributed by atoms with Crippen LogP contribution in [0.5, 0.6) is 0 Å². The lowest BCUT2D eigenvalue weighted by atomic mass is 10.2. The number of amides is 1. The van der Waals surface area contributed by atoms with Crippen molar-refractivity contribution >= 4 is 23.1 Å². The maximum absolute atomic E-state index is 12.9. The predicted molar refractivity (Wildman–Crippen MR) is 99.5 cm³/mol. The Bertz CT molecular complexity index is 895. The number of hydrogen-bond acceptors (Lipinski definition) is 6. The van der Waals surface area contributed by atoms with Gasteiger partial charge in [0.2, 0.25) is 0 Å². The Balaban J connectivity index is 1.64. The van der Waals surface area contributed by atoms with Gasteiger partial charge in [-0.3, -0.25) is 4.79 Å². The third-order valence-electron chi connectivity index (χ3n) is 3.42. The molecule has 134 valence electrons. The topological polar surface area (TPSA) is 79.8 Å². The van der Waals surface area contributed by atoms with Crippen LogP contribution in [0.15, 0.2) is 42.0 Å². The van der Waals surface area contributed by atoms with Crippen molar-refractivity contribution in [2.24, 2.45) is 0 Å². The van der Waals surface area contributed by atoms with E-state index in [-0.39, 0.29) is 17.8 Å². The van der Waals surface area contributed by atoms with Crippen LogP contribution >= 0.6 is 11.3 Å². The van der Waals surface area contributed by atoms with Gasteiger partial charge in [-0.25, -0.2) is 19.3 Å². The van der Waals surface area contributed by atoms with Crippen molar-refractivity contribution in [3.63, 3.8) is 0 Å². The zero-order valence-corrected chi connectivity index (χ0v) is 15.2. The Morgan fingerprint density at radius 1 is 1.19 bits per heavy atom. The third kappa shape index (κ3) is 4.60. The number of aromatic nitrogens is 3. The Kier molecular flexibility index (Phi) is 5.52. The number of carbonyl (C=O) groups is 1. The quantitative estimate of drug-likeness (QED) is 0.693. The van der Waals surface area contributed by atoms with Crippen molar-refractivity contribution < 1.29 is 9.18 Å². The maximum Gasteiger partial charge on any atom is 0.251 e. The fourth-order valence-corrected chi connectivity index (χ4v) is 2.97. The molecule has 2 aromatic heterocycles. The Hall–Kier alpha value is -2.87. The molecule has 2 N–H and O–H groups in total. The Morgan fingerprint density at radius 2 is 1.96 bits per heavy atom. The molecule has 0 bridgehead atoms. The molecule has 0 aliphatic rings. The molecular weight excluding hydrogens is 353 g/mol. The second-order valence-corrected chi connectivity index (χ2v) is 6.85. The van der Waals surface area contributed by atoms with Gasteiger partial charge in [0.25, 0.3) is 5.91 Å². The molecule has 0 radical (unpaired) electrons. The van der Waals surface area contributed by atoms with Gasteiger partial charge >= 0.3 is 0 Å². The van der Waals surface area contributed by atoms with Crippen LogP contribution in [-0.4, -0.2) is 26.9 Å². The molecule has 3 aromatic rings. The van der Waals surface area contributed by atoms with E-state index in [1.807, 2.05) is 25.3 Å². The summed E-state index contributed by atoms with van der Waals surface area (Å²) in [4.78, 5) is 25.0. The van der Waals surface area contributed by atoms with Gasteiger partial charge in [0, 0.05) is 23.1 Å². The normalized spacial score (nSPS) is 10.8. The molecular formula is C18H18FN5OS. The lowest BCUT2D eigenvalue weighted by Gasteiger charge is -2.08. The van der Waals surface area contributed by atoms with Gasteiger partial charge in [0.1, 0.15) is 28.7 Å². The minimum absolute atomic E-state index is 0.269. The van der Waals surface area contributed by atoms with Gasteiger partial charge in [0.05, 0.1) is 12.2 Å². The zero-order valence-electron chi connectivity index (χ0n) is 14.4. The molecule has 0 aliphatic carbocycles. The standard InChI is InChI=1S/C18H18FN5OS/c1-11(2)23-16-7-14(21-10-22-16)15-9-26-17(24-15)8-20-18(25)12-3-5-13(19)6-4-12/h3-7,9-11H,8H2,1-2H3,(H,20,25)(H,21,22,23). The minimum Gasteiger partial charge on any atom is -0.368 e. The smallest absolute Gasteiger partial charge is 0.251 e. The number of thiazole rings is 1. The summed E-state index contributed by atoms with van der Waals surface area (Å²) in [5, 5.41) is 8.65. The van der Waals surface area contributed by atoms with E-state index in [0.717, 1.165) is 22.2 Å². The summed E-state index contributed by atoms with van der Waals surface area (Å²) in [5.41, 5.74) is 1.86. The molecule has 0 saturated heterocycles. The van der Waals surface area contributed by atoms with Crippen molar-refractivity contribution in [1.29, 1.82) is 0 Å². The van der Waals surface area contributed by atoms with Crippen molar-refractivity contribution in [1.82, 2.24) is 20.3 Å². The molecule has 2 heterocycles. The van der Waals surface area contributed by atoms with Gasteiger partial charge < -0.3 is 10.6 Å². The average Bonchev–Trinajstić information content (AvgIpc) is 3.09. The van der Waals surface area contributed by atoms with Crippen LogP contribution in [0.2, 0.25) is 0 Å². The first-order chi connectivity index (χ1) is 12.5. The number of anilines is 1. The molecule has 0 unspecified atom stereocenters. The Morgan fingerprint density at radius 3 is 2.69 bits per heavy atom. The molecule has 6 nitrogen and oxygen atoms in total. The monoisotopic (exact) mass is 371 g/mol. The van der Waals surface area contributed by atoms with Crippen molar-refractivity contribution in [2.45, 2.75) is 26.4 Å². The molecule has 0 spiro atoms. The summed E-state index contributed by atoms with van der Waals surface area (Å²) in [6.45, 7) is 4.36. The molecule has 3 rings (SSSR count). The molecule has 8 heteroatoms. The van der Waals surface area contributed by atoms with Crippen molar-refractivity contribution in [2.75, 3.05) is 5.32 Å². The number of rotatable bonds is 6. The number of hydrogen-bond donors (Lipinski definition) is 2. The maximum atomic E-state index is 12.9.